The highest BCUT2D eigenvalue weighted by molar-refractivity contribution is 7.26. The molecular weight excluding hydrogens is 667 g/mol. The van der Waals surface area contributed by atoms with Crippen molar-refractivity contribution in [1.82, 2.24) is 15.0 Å². The Kier molecular flexibility index (Phi) is 8.24. The summed E-state index contributed by atoms with van der Waals surface area (Å²) < 4.78 is 9.37. The number of nitrogens with zero attached hydrogens (tertiary/aromatic N) is 3. The average molecular weight is 700 g/mol. The van der Waals surface area contributed by atoms with Gasteiger partial charge in [-0.25, -0.2) is 15.0 Å². The number of para-hydroxylation sites is 1. The van der Waals surface area contributed by atoms with E-state index in [-0.39, 0.29) is 0 Å². The molecule has 0 radical (unpaired) electrons. The van der Waals surface area contributed by atoms with Crippen LogP contribution in [0.4, 0.5) is 0 Å². The third-order valence-corrected chi connectivity index (χ3v) is 13.8. The van der Waals surface area contributed by atoms with E-state index in [9.17, 15) is 0 Å². The van der Waals surface area contributed by atoms with Crippen molar-refractivity contribution in [2.75, 3.05) is 0 Å². The van der Waals surface area contributed by atoms with Crippen molar-refractivity contribution in [3.63, 3.8) is 0 Å². The zero-order chi connectivity index (χ0) is 37.7. The monoisotopic (exact) mass is 701 g/mol. The Morgan fingerprint density at radius 1 is 0.426 bits per heavy atom. The molecule has 54 heavy (non-hydrogen) atoms. The Bertz CT molecular complexity index is 2940. The zero-order valence-electron chi connectivity index (χ0n) is 32.7. The van der Waals surface area contributed by atoms with Gasteiger partial charge in [-0.1, -0.05) is 76.4 Å². The molecular formula is C39H33B10N3OS. The summed E-state index contributed by atoms with van der Waals surface area (Å²) in [5.74, 6) is 2.00. The van der Waals surface area contributed by atoms with Crippen molar-refractivity contribution in [1.29, 1.82) is 0 Å². The third-order valence-electron chi connectivity index (χ3n) is 12.5. The molecule has 0 unspecified atom stereocenters. The Labute approximate surface area is 328 Å². The van der Waals surface area contributed by atoms with Gasteiger partial charge in [0.25, 0.3) is 0 Å². The van der Waals surface area contributed by atoms with E-state index in [1.807, 2.05) is 11.3 Å². The molecule has 0 atom stereocenters. The highest BCUT2D eigenvalue weighted by Gasteiger charge is 2.23. The standard InChI is InChI=1S/C39H33B10N3OS/c40-25-23(26(41)30(45)33(48)29(25)44)38-50-37(51-39(52-38)24-27(42)31(46)34(49)32(47)28(24)43)19-9-4-7-17-20-13-14(11-12-21(20)53-35(17)19)15-6-3-8-18-16-5-1-2-10-22(16)54-36(15)18/h1-13H,40-49H2. The van der Waals surface area contributed by atoms with Crippen molar-refractivity contribution in [2.24, 2.45) is 0 Å². The SMILES string of the molecule is Bc1c(B)c(B)c(-c2nc(-c3c(B)c(B)c(B)c(B)c3B)nc(-c3cccc4c3oc3ccc(-c5cccc6c5sc5ccccc56)cc34)n2)c(B)c1B. The van der Waals surface area contributed by atoms with Gasteiger partial charge in [-0.05, 0) is 35.4 Å². The molecule has 9 rings (SSSR count). The van der Waals surface area contributed by atoms with Gasteiger partial charge in [0.1, 0.15) is 89.6 Å². The molecule has 3 aromatic heterocycles. The molecule has 246 valence electrons. The maximum absolute atomic E-state index is 6.76. The smallest absolute Gasteiger partial charge is 0.167 e. The van der Waals surface area contributed by atoms with Crippen LogP contribution in [0.25, 0.3) is 87.4 Å². The minimum atomic E-state index is 0.610. The van der Waals surface area contributed by atoms with Crippen LogP contribution < -0.4 is 54.6 Å². The first kappa shape index (κ1) is 34.7. The van der Waals surface area contributed by atoms with Crippen molar-refractivity contribution in [3.05, 3.63) is 78.9 Å². The molecule has 0 spiro atoms. The molecule has 0 N–H and O–H groups in total. The first-order valence-electron chi connectivity index (χ1n) is 18.7. The van der Waals surface area contributed by atoms with E-state index in [1.54, 1.807) is 0 Å². The second-order valence-corrected chi connectivity index (χ2v) is 16.1. The fourth-order valence-corrected chi connectivity index (χ4v) is 9.75. The number of hydrogen-bond acceptors (Lipinski definition) is 5. The number of thiophene rings is 1. The van der Waals surface area contributed by atoms with Crippen LogP contribution in [-0.4, -0.2) is 93.4 Å². The Morgan fingerprint density at radius 3 is 1.54 bits per heavy atom. The van der Waals surface area contributed by atoms with E-state index in [0.717, 1.165) is 38.6 Å². The fourth-order valence-electron chi connectivity index (χ4n) is 8.51. The minimum Gasteiger partial charge on any atom is -0.455 e. The zero-order valence-corrected chi connectivity index (χ0v) is 33.5. The highest BCUT2D eigenvalue weighted by Crippen LogP contribution is 2.42. The number of aromatic nitrogens is 3. The maximum atomic E-state index is 6.76. The normalized spacial score (nSPS) is 11.7. The number of hydrogen-bond donors (Lipinski definition) is 0. The van der Waals surface area contributed by atoms with Crippen LogP contribution in [0.15, 0.2) is 83.3 Å². The summed E-state index contributed by atoms with van der Waals surface area (Å²) >= 11 is 1.86. The fraction of sp³-hybridized carbons (Fsp3) is 0. The summed E-state index contributed by atoms with van der Waals surface area (Å²) in [6.45, 7) is 0. The van der Waals surface area contributed by atoms with Crippen LogP contribution in [-0.2, 0) is 0 Å². The van der Waals surface area contributed by atoms with Gasteiger partial charge >= 0.3 is 0 Å². The topological polar surface area (TPSA) is 51.8 Å². The molecule has 3 heterocycles. The summed E-state index contributed by atoms with van der Waals surface area (Å²) in [6.07, 6.45) is 0. The summed E-state index contributed by atoms with van der Waals surface area (Å²) in [5, 5.41) is 4.71. The Hall–Kier alpha value is -5.00. The molecule has 0 aliphatic heterocycles. The summed E-state index contributed by atoms with van der Waals surface area (Å²) in [7, 11) is 22.0. The highest BCUT2D eigenvalue weighted by atomic mass is 32.1. The Balaban J connectivity index is 1.29. The van der Waals surface area contributed by atoms with Crippen LogP contribution in [0, 0.1) is 0 Å². The number of rotatable bonds is 4. The van der Waals surface area contributed by atoms with E-state index in [0.29, 0.717) is 17.5 Å². The van der Waals surface area contributed by atoms with Gasteiger partial charge in [0.05, 0.1) is 5.56 Å². The van der Waals surface area contributed by atoms with E-state index in [2.05, 4.69) is 157 Å². The van der Waals surface area contributed by atoms with Crippen molar-refractivity contribution < 1.29 is 4.42 Å². The van der Waals surface area contributed by atoms with Gasteiger partial charge in [-0.15, -0.1) is 44.1 Å². The van der Waals surface area contributed by atoms with Gasteiger partial charge in [0.15, 0.2) is 17.5 Å². The van der Waals surface area contributed by atoms with Crippen molar-refractivity contribution in [3.8, 4) is 45.3 Å². The predicted molar refractivity (Wildman–Crippen MR) is 264 cm³/mol. The van der Waals surface area contributed by atoms with E-state index >= 15 is 0 Å². The van der Waals surface area contributed by atoms with E-state index in [1.165, 1.54) is 85.9 Å². The Morgan fingerprint density at radius 2 is 0.926 bits per heavy atom. The third kappa shape index (κ3) is 5.15. The largest absolute Gasteiger partial charge is 0.455 e. The van der Waals surface area contributed by atoms with E-state index < -0.39 is 0 Å². The van der Waals surface area contributed by atoms with Crippen LogP contribution in [0.3, 0.4) is 0 Å². The molecule has 4 nitrogen and oxygen atoms in total. The lowest BCUT2D eigenvalue weighted by Crippen LogP contribution is -2.55. The quantitative estimate of drug-likeness (QED) is 0.172. The number of furan rings is 1. The molecule has 6 aromatic carbocycles. The summed E-state index contributed by atoms with van der Waals surface area (Å²) in [5.41, 5.74) is 19.5. The molecule has 0 amide bonds. The number of fused-ring (bicyclic) bond motifs is 6. The van der Waals surface area contributed by atoms with E-state index in [4.69, 9.17) is 19.4 Å². The lowest BCUT2D eigenvalue weighted by molar-refractivity contribution is 0.669. The first-order chi connectivity index (χ1) is 25.9. The predicted octanol–water partition coefficient (Wildman–Crippen LogP) is -6.61. The van der Waals surface area contributed by atoms with Crippen LogP contribution in [0.5, 0.6) is 0 Å². The molecule has 15 heteroatoms. The van der Waals surface area contributed by atoms with Gasteiger partial charge < -0.3 is 4.42 Å². The molecule has 0 aliphatic carbocycles. The second-order valence-electron chi connectivity index (χ2n) is 15.1. The average Bonchev–Trinajstić information content (AvgIpc) is 3.76. The number of benzene rings is 6. The van der Waals surface area contributed by atoms with Crippen molar-refractivity contribution in [2.45, 2.75) is 0 Å². The molecule has 0 saturated carbocycles. The molecule has 0 aliphatic rings. The molecule has 0 fully saturated rings. The lowest BCUT2D eigenvalue weighted by atomic mass is 9.60. The maximum Gasteiger partial charge on any atom is 0.167 e. The second kappa shape index (κ2) is 12.8. The van der Waals surface area contributed by atoms with Crippen LogP contribution in [0.2, 0.25) is 0 Å². The molecule has 0 saturated heterocycles. The first-order valence-corrected chi connectivity index (χ1v) is 19.5. The molecule has 9 aromatic rings. The minimum absolute atomic E-state index is 0.610. The molecule has 0 bridgehead atoms. The van der Waals surface area contributed by atoms with Crippen LogP contribution >= 0.6 is 11.3 Å². The summed E-state index contributed by atoms with van der Waals surface area (Å²) in [6, 6.07) is 28.2. The van der Waals surface area contributed by atoms with Gasteiger partial charge in [0, 0.05) is 42.1 Å². The van der Waals surface area contributed by atoms with Gasteiger partial charge in [0.2, 0.25) is 0 Å². The van der Waals surface area contributed by atoms with Gasteiger partial charge in [-0.2, -0.15) is 0 Å². The lowest BCUT2D eigenvalue weighted by Gasteiger charge is -2.22. The van der Waals surface area contributed by atoms with Crippen LogP contribution in [0.1, 0.15) is 0 Å². The van der Waals surface area contributed by atoms with Gasteiger partial charge in [-0.3, -0.25) is 0 Å². The van der Waals surface area contributed by atoms with Crippen molar-refractivity contribution >= 4 is 187 Å². The summed E-state index contributed by atoms with van der Waals surface area (Å²) in [4.78, 5) is 16.0.